The fourth-order valence-electron chi connectivity index (χ4n) is 4.72. The Labute approximate surface area is 229 Å². The summed E-state index contributed by atoms with van der Waals surface area (Å²) in [5, 5.41) is 13.9. The van der Waals surface area contributed by atoms with E-state index in [1.165, 1.54) is 6.20 Å². The normalized spacial score (nSPS) is 17.7. The average Bonchev–Trinajstić information content (AvgIpc) is 3.57. The minimum atomic E-state index is -0.281. The van der Waals surface area contributed by atoms with Crippen LogP contribution in [0.25, 0.3) is 11.4 Å². The molecule has 0 unspecified atom stereocenters. The van der Waals surface area contributed by atoms with E-state index in [9.17, 15) is 4.79 Å². The standard InChI is InChI=1S/C28H23Cl2N5O3/c1-16(37-26-10-3-18(12-31)13-32-26)22-14-35(15-23(22)21-8-9-24(29)25(30)11-21)28(36)20-6-4-19(5-7-20)27-33-17(2)38-34-27/h3-11,13,16,22-23H,14-15H2,1-2H3/t16-,22+,23+/m0/s1. The Kier molecular flexibility index (Phi) is 7.32. The number of amides is 1. The molecular formula is C28H23Cl2N5O3. The summed E-state index contributed by atoms with van der Waals surface area (Å²) in [6, 6.07) is 18.1. The Morgan fingerprint density at radius 3 is 2.55 bits per heavy atom. The molecule has 1 aliphatic rings. The minimum absolute atomic E-state index is 0.0383. The van der Waals surface area contributed by atoms with Crippen molar-refractivity contribution in [3.63, 3.8) is 0 Å². The van der Waals surface area contributed by atoms with E-state index in [0.29, 0.717) is 51.9 Å². The Balaban J connectivity index is 1.38. The summed E-state index contributed by atoms with van der Waals surface area (Å²) >= 11 is 12.5. The molecule has 0 bridgehead atoms. The SMILES string of the molecule is Cc1nc(-c2ccc(C(=O)N3C[C@H]([C@H](C)Oc4ccc(C#N)cn4)[C@@H](c4ccc(Cl)c(Cl)c4)C3)cc2)no1. The molecule has 3 atom stereocenters. The zero-order chi connectivity index (χ0) is 26.8. The van der Waals surface area contributed by atoms with Crippen LogP contribution in [0.4, 0.5) is 0 Å². The number of likely N-dealkylation sites (tertiary alicyclic amines) is 1. The van der Waals surface area contributed by atoms with Gasteiger partial charge in [-0.15, -0.1) is 0 Å². The predicted molar refractivity (Wildman–Crippen MR) is 142 cm³/mol. The Morgan fingerprint density at radius 1 is 1.13 bits per heavy atom. The minimum Gasteiger partial charge on any atom is -0.474 e. The monoisotopic (exact) mass is 547 g/mol. The van der Waals surface area contributed by atoms with Gasteiger partial charge in [-0.1, -0.05) is 46.6 Å². The van der Waals surface area contributed by atoms with Crippen molar-refractivity contribution in [2.75, 3.05) is 13.1 Å². The summed E-state index contributed by atoms with van der Waals surface area (Å²) < 4.78 is 11.2. The number of ether oxygens (including phenoxy) is 1. The van der Waals surface area contributed by atoms with E-state index in [-0.39, 0.29) is 23.8 Å². The first-order chi connectivity index (χ1) is 18.3. The van der Waals surface area contributed by atoms with Gasteiger partial charge in [0, 0.05) is 55.2 Å². The molecule has 1 saturated heterocycles. The number of halogens is 2. The molecule has 5 rings (SSSR count). The van der Waals surface area contributed by atoms with Gasteiger partial charge in [0.05, 0.1) is 15.6 Å². The van der Waals surface area contributed by atoms with Gasteiger partial charge in [-0.25, -0.2) is 4.98 Å². The van der Waals surface area contributed by atoms with Crippen LogP contribution >= 0.6 is 23.2 Å². The van der Waals surface area contributed by atoms with Crippen LogP contribution < -0.4 is 4.74 Å². The summed E-state index contributed by atoms with van der Waals surface area (Å²) in [5.74, 6) is 1.20. The number of pyridine rings is 1. The lowest BCUT2D eigenvalue weighted by Crippen LogP contribution is -2.32. The van der Waals surface area contributed by atoms with Crippen molar-refractivity contribution in [1.29, 1.82) is 5.26 Å². The molecule has 0 spiro atoms. The molecule has 2 aromatic heterocycles. The maximum atomic E-state index is 13.5. The van der Waals surface area contributed by atoms with Crippen molar-refractivity contribution in [3.8, 4) is 23.3 Å². The summed E-state index contributed by atoms with van der Waals surface area (Å²) in [5.41, 5.74) is 2.76. The van der Waals surface area contributed by atoms with E-state index in [1.54, 1.807) is 37.3 Å². The third-order valence-electron chi connectivity index (χ3n) is 6.72. The highest BCUT2D eigenvalue weighted by atomic mass is 35.5. The van der Waals surface area contributed by atoms with Gasteiger partial charge in [0.25, 0.3) is 5.91 Å². The molecule has 192 valence electrons. The third kappa shape index (κ3) is 5.35. The first kappa shape index (κ1) is 25.7. The Morgan fingerprint density at radius 2 is 1.92 bits per heavy atom. The van der Waals surface area contributed by atoms with Gasteiger partial charge >= 0.3 is 0 Å². The van der Waals surface area contributed by atoms with Gasteiger partial charge in [0.15, 0.2) is 0 Å². The maximum absolute atomic E-state index is 13.5. The fraction of sp³-hybridized carbons (Fsp3) is 0.250. The number of aryl methyl sites for hydroxylation is 1. The lowest BCUT2D eigenvalue weighted by atomic mass is 9.86. The topological polar surface area (TPSA) is 105 Å². The van der Waals surface area contributed by atoms with Crippen LogP contribution in [-0.4, -0.2) is 45.1 Å². The van der Waals surface area contributed by atoms with Crippen LogP contribution in [0.3, 0.4) is 0 Å². The largest absolute Gasteiger partial charge is 0.474 e. The second-order valence-electron chi connectivity index (χ2n) is 9.19. The number of hydrogen-bond donors (Lipinski definition) is 0. The number of carbonyl (C=O) groups is 1. The molecule has 8 nitrogen and oxygen atoms in total. The van der Waals surface area contributed by atoms with Crippen molar-refractivity contribution in [3.05, 3.63) is 93.4 Å². The van der Waals surface area contributed by atoms with Crippen LogP contribution in [-0.2, 0) is 0 Å². The zero-order valence-electron chi connectivity index (χ0n) is 20.6. The summed E-state index contributed by atoms with van der Waals surface area (Å²) in [7, 11) is 0. The second-order valence-corrected chi connectivity index (χ2v) is 10.0. The van der Waals surface area contributed by atoms with Crippen molar-refractivity contribution in [2.45, 2.75) is 25.9 Å². The van der Waals surface area contributed by atoms with Crippen molar-refractivity contribution < 1.29 is 14.1 Å². The van der Waals surface area contributed by atoms with E-state index >= 15 is 0 Å². The third-order valence-corrected chi connectivity index (χ3v) is 7.46. The van der Waals surface area contributed by atoms with Crippen LogP contribution in [0.15, 0.2) is 65.3 Å². The highest BCUT2D eigenvalue weighted by molar-refractivity contribution is 6.42. The van der Waals surface area contributed by atoms with Crippen LogP contribution in [0.2, 0.25) is 10.0 Å². The van der Waals surface area contributed by atoms with Crippen molar-refractivity contribution >= 4 is 29.1 Å². The highest BCUT2D eigenvalue weighted by Crippen LogP contribution is 2.39. The molecule has 1 aliphatic heterocycles. The average molecular weight is 548 g/mol. The lowest BCUT2D eigenvalue weighted by Gasteiger charge is -2.25. The van der Waals surface area contributed by atoms with E-state index in [1.807, 2.05) is 36.1 Å². The van der Waals surface area contributed by atoms with E-state index < -0.39 is 0 Å². The second kappa shape index (κ2) is 10.8. The van der Waals surface area contributed by atoms with Gasteiger partial charge in [-0.2, -0.15) is 10.2 Å². The molecule has 10 heteroatoms. The maximum Gasteiger partial charge on any atom is 0.253 e. The molecule has 4 aromatic rings. The van der Waals surface area contributed by atoms with Crippen molar-refractivity contribution in [2.24, 2.45) is 5.92 Å². The molecule has 0 radical (unpaired) electrons. The molecule has 38 heavy (non-hydrogen) atoms. The number of hydrogen-bond acceptors (Lipinski definition) is 7. The predicted octanol–water partition coefficient (Wildman–Crippen LogP) is 5.94. The Hall–Kier alpha value is -3.93. The first-order valence-corrected chi connectivity index (χ1v) is 12.8. The summed E-state index contributed by atoms with van der Waals surface area (Å²) in [4.78, 5) is 23.8. The molecule has 2 aromatic carbocycles. The number of carbonyl (C=O) groups excluding carboxylic acids is 1. The van der Waals surface area contributed by atoms with Gasteiger partial charge in [0.2, 0.25) is 17.6 Å². The van der Waals surface area contributed by atoms with Gasteiger partial charge < -0.3 is 14.2 Å². The summed E-state index contributed by atoms with van der Waals surface area (Å²) in [6.45, 7) is 4.66. The van der Waals surface area contributed by atoms with Gasteiger partial charge in [-0.3, -0.25) is 4.79 Å². The lowest BCUT2D eigenvalue weighted by molar-refractivity contribution is 0.0769. The number of aromatic nitrogens is 3. The summed E-state index contributed by atoms with van der Waals surface area (Å²) in [6.07, 6.45) is 1.19. The number of benzene rings is 2. The highest BCUT2D eigenvalue weighted by Gasteiger charge is 2.40. The fourth-order valence-corrected chi connectivity index (χ4v) is 5.03. The number of nitrogens with zero attached hydrogens (tertiary/aromatic N) is 5. The Bertz CT molecular complexity index is 1500. The molecule has 0 saturated carbocycles. The van der Waals surface area contributed by atoms with Crippen LogP contribution in [0, 0.1) is 24.2 Å². The molecule has 0 aliphatic carbocycles. The molecule has 1 fully saturated rings. The van der Waals surface area contributed by atoms with E-state index in [4.69, 9.17) is 37.7 Å². The van der Waals surface area contributed by atoms with Crippen LogP contribution in [0.1, 0.15) is 40.2 Å². The van der Waals surface area contributed by atoms with Gasteiger partial charge in [0.1, 0.15) is 12.2 Å². The quantitative estimate of drug-likeness (QED) is 0.294. The molecule has 1 amide bonds. The molecule has 0 N–H and O–H groups in total. The number of rotatable bonds is 6. The smallest absolute Gasteiger partial charge is 0.253 e. The van der Waals surface area contributed by atoms with Gasteiger partial charge in [-0.05, 0) is 42.8 Å². The zero-order valence-corrected chi connectivity index (χ0v) is 22.1. The first-order valence-electron chi connectivity index (χ1n) is 12.0. The van der Waals surface area contributed by atoms with Crippen LogP contribution in [0.5, 0.6) is 5.88 Å². The van der Waals surface area contributed by atoms with E-state index in [2.05, 4.69) is 21.2 Å². The van der Waals surface area contributed by atoms with E-state index in [0.717, 1.165) is 11.1 Å². The van der Waals surface area contributed by atoms with Crippen molar-refractivity contribution in [1.82, 2.24) is 20.0 Å². The number of nitriles is 1. The molecule has 3 heterocycles. The molecular weight excluding hydrogens is 525 g/mol.